The van der Waals surface area contributed by atoms with Gasteiger partial charge in [-0.05, 0) is 61.2 Å². The number of alkyl halides is 3. The van der Waals surface area contributed by atoms with Gasteiger partial charge in [0, 0.05) is 24.6 Å². The maximum Gasteiger partial charge on any atom is 0.436 e. The van der Waals surface area contributed by atoms with Gasteiger partial charge in [0.05, 0.1) is 17.8 Å². The molecule has 0 atom stereocenters. The van der Waals surface area contributed by atoms with Crippen molar-refractivity contribution in [2.45, 2.75) is 44.5 Å². The molecule has 35 heavy (non-hydrogen) atoms. The number of nitrogens with one attached hydrogen (secondary N) is 1. The summed E-state index contributed by atoms with van der Waals surface area (Å²) in [5.41, 5.74) is 0.790. The summed E-state index contributed by atoms with van der Waals surface area (Å²) < 4.78 is 51.7. The minimum absolute atomic E-state index is 0.0212. The standard InChI is InChI=1S/C25H25ClF3N3O3/c1-34-19-9-11-20(12-10-19)35-15-16-3-5-18(6-4-16)24(33)30-13-2-14-32-22(17-7-8-17)21(26)23(31-32)25(27,28)29/h3-6,9-12,17H,2,7-8,13-15H2,1H3,(H,30,33). The summed E-state index contributed by atoms with van der Waals surface area (Å²) in [5, 5.41) is 6.19. The van der Waals surface area contributed by atoms with Gasteiger partial charge in [0.15, 0.2) is 5.69 Å². The maximum absolute atomic E-state index is 13.2. The average molecular weight is 508 g/mol. The van der Waals surface area contributed by atoms with Gasteiger partial charge < -0.3 is 14.8 Å². The molecule has 0 aliphatic heterocycles. The first kappa shape index (κ1) is 24.9. The van der Waals surface area contributed by atoms with E-state index < -0.39 is 11.9 Å². The van der Waals surface area contributed by atoms with Crippen LogP contribution in [0.15, 0.2) is 48.5 Å². The Bertz CT molecular complexity index is 1160. The number of carbonyl (C=O) groups is 1. The van der Waals surface area contributed by atoms with Gasteiger partial charge in [-0.1, -0.05) is 23.7 Å². The van der Waals surface area contributed by atoms with Crippen molar-refractivity contribution in [2.75, 3.05) is 13.7 Å². The second-order valence-corrected chi connectivity index (χ2v) is 8.69. The van der Waals surface area contributed by atoms with E-state index in [9.17, 15) is 18.0 Å². The molecule has 1 heterocycles. The summed E-state index contributed by atoms with van der Waals surface area (Å²) in [7, 11) is 1.60. The topological polar surface area (TPSA) is 65.4 Å². The summed E-state index contributed by atoms with van der Waals surface area (Å²) in [6.07, 6.45) is -2.55. The zero-order chi connectivity index (χ0) is 25.0. The van der Waals surface area contributed by atoms with Crippen LogP contribution < -0.4 is 14.8 Å². The molecule has 1 saturated carbocycles. The molecule has 1 N–H and O–H groups in total. The van der Waals surface area contributed by atoms with Gasteiger partial charge >= 0.3 is 6.18 Å². The minimum atomic E-state index is -4.59. The van der Waals surface area contributed by atoms with Gasteiger partial charge in [0.25, 0.3) is 5.91 Å². The predicted octanol–water partition coefficient (Wildman–Crippen LogP) is 5.84. The third kappa shape index (κ3) is 6.28. The third-order valence-electron chi connectivity index (χ3n) is 5.68. The summed E-state index contributed by atoms with van der Waals surface area (Å²) in [6.45, 7) is 0.886. The molecule has 0 unspecified atom stereocenters. The molecular formula is C25H25ClF3N3O3. The Morgan fingerprint density at radius 2 is 1.77 bits per heavy atom. The molecule has 3 aromatic rings. The number of aryl methyl sites for hydroxylation is 1. The number of carbonyl (C=O) groups excluding carboxylic acids is 1. The highest BCUT2D eigenvalue weighted by molar-refractivity contribution is 6.32. The maximum atomic E-state index is 13.2. The van der Waals surface area contributed by atoms with Gasteiger partial charge in [0.2, 0.25) is 0 Å². The zero-order valence-electron chi connectivity index (χ0n) is 19.1. The van der Waals surface area contributed by atoms with E-state index in [1.165, 1.54) is 4.68 Å². The first-order chi connectivity index (χ1) is 16.8. The molecule has 1 aliphatic carbocycles. The molecule has 1 fully saturated rings. The number of methoxy groups -OCH3 is 1. The fraction of sp³-hybridized carbons (Fsp3) is 0.360. The van der Waals surface area contributed by atoms with E-state index in [0.717, 1.165) is 24.2 Å². The van der Waals surface area contributed by atoms with Crippen LogP contribution in [0.25, 0.3) is 0 Å². The number of halogens is 4. The number of aromatic nitrogens is 2. The summed E-state index contributed by atoms with van der Waals surface area (Å²) in [5.74, 6) is 1.21. The SMILES string of the molecule is COc1ccc(OCc2ccc(C(=O)NCCCn3nc(C(F)(F)F)c(Cl)c3C3CC3)cc2)cc1. The molecule has 0 bridgehead atoms. The second kappa shape index (κ2) is 10.6. The van der Waals surface area contributed by atoms with E-state index >= 15 is 0 Å². The molecule has 1 aliphatic rings. The zero-order valence-corrected chi connectivity index (χ0v) is 19.8. The number of hydrogen-bond acceptors (Lipinski definition) is 4. The van der Waals surface area contributed by atoms with Crippen LogP contribution in [0.4, 0.5) is 13.2 Å². The molecule has 0 spiro atoms. The van der Waals surface area contributed by atoms with Crippen molar-refractivity contribution in [3.63, 3.8) is 0 Å². The van der Waals surface area contributed by atoms with E-state index in [2.05, 4.69) is 10.4 Å². The van der Waals surface area contributed by atoms with Gasteiger partial charge in [-0.15, -0.1) is 0 Å². The predicted molar refractivity (Wildman–Crippen MR) is 125 cm³/mol. The van der Waals surface area contributed by atoms with E-state index in [-0.39, 0.29) is 23.4 Å². The number of benzene rings is 2. The lowest BCUT2D eigenvalue weighted by Crippen LogP contribution is -2.25. The highest BCUT2D eigenvalue weighted by Crippen LogP contribution is 2.46. The van der Waals surface area contributed by atoms with Gasteiger partial charge in [0.1, 0.15) is 18.1 Å². The molecule has 2 aromatic carbocycles. The van der Waals surface area contributed by atoms with E-state index in [4.69, 9.17) is 21.1 Å². The molecular weight excluding hydrogens is 483 g/mol. The molecule has 10 heteroatoms. The first-order valence-electron chi connectivity index (χ1n) is 11.2. The van der Waals surface area contributed by atoms with Gasteiger partial charge in [-0.25, -0.2) is 0 Å². The average Bonchev–Trinajstić information content (AvgIpc) is 3.62. The Labute approximate surface area is 206 Å². The van der Waals surface area contributed by atoms with Crippen molar-refractivity contribution >= 4 is 17.5 Å². The molecule has 1 amide bonds. The summed E-state index contributed by atoms with van der Waals surface area (Å²) in [4.78, 5) is 12.4. The van der Waals surface area contributed by atoms with Gasteiger partial charge in [-0.2, -0.15) is 18.3 Å². The smallest absolute Gasteiger partial charge is 0.436 e. The third-order valence-corrected chi connectivity index (χ3v) is 6.05. The Morgan fingerprint density at radius 3 is 2.37 bits per heavy atom. The van der Waals surface area contributed by atoms with Crippen LogP contribution in [0, 0.1) is 0 Å². The highest BCUT2D eigenvalue weighted by Gasteiger charge is 2.41. The normalized spacial score (nSPS) is 13.5. The molecule has 186 valence electrons. The Kier molecular flexibility index (Phi) is 7.54. The quantitative estimate of drug-likeness (QED) is 0.350. The van der Waals surface area contributed by atoms with Crippen LogP contribution in [-0.2, 0) is 19.3 Å². The lowest BCUT2D eigenvalue weighted by molar-refractivity contribution is -0.141. The Morgan fingerprint density at radius 1 is 1.11 bits per heavy atom. The second-order valence-electron chi connectivity index (χ2n) is 8.31. The number of ether oxygens (including phenoxy) is 2. The summed E-state index contributed by atoms with van der Waals surface area (Å²) in [6, 6.07) is 14.3. The van der Waals surface area contributed by atoms with E-state index in [0.29, 0.717) is 36.6 Å². The van der Waals surface area contributed by atoms with Crippen molar-refractivity contribution in [3.05, 3.63) is 76.1 Å². The number of amides is 1. The monoisotopic (exact) mass is 507 g/mol. The molecule has 0 saturated heterocycles. The number of rotatable bonds is 10. The molecule has 1 aromatic heterocycles. The fourth-order valence-electron chi connectivity index (χ4n) is 3.68. The molecule has 0 radical (unpaired) electrons. The largest absolute Gasteiger partial charge is 0.497 e. The summed E-state index contributed by atoms with van der Waals surface area (Å²) >= 11 is 5.99. The van der Waals surface area contributed by atoms with Crippen molar-refractivity contribution < 1.29 is 27.4 Å². The van der Waals surface area contributed by atoms with E-state index in [1.54, 1.807) is 19.2 Å². The van der Waals surface area contributed by atoms with Gasteiger partial charge in [-0.3, -0.25) is 9.48 Å². The highest BCUT2D eigenvalue weighted by atomic mass is 35.5. The van der Waals surface area contributed by atoms with E-state index in [1.807, 2.05) is 36.4 Å². The fourth-order valence-corrected chi connectivity index (χ4v) is 4.07. The lowest BCUT2D eigenvalue weighted by Gasteiger charge is -2.09. The van der Waals surface area contributed by atoms with Crippen LogP contribution >= 0.6 is 11.6 Å². The minimum Gasteiger partial charge on any atom is -0.497 e. The van der Waals surface area contributed by atoms with Crippen molar-refractivity contribution in [1.29, 1.82) is 0 Å². The molecule has 6 nitrogen and oxygen atoms in total. The van der Waals surface area contributed by atoms with Crippen molar-refractivity contribution in [2.24, 2.45) is 0 Å². The molecule has 4 rings (SSSR count). The lowest BCUT2D eigenvalue weighted by atomic mass is 10.1. The first-order valence-corrected chi connectivity index (χ1v) is 11.6. The number of hydrogen-bond donors (Lipinski definition) is 1. The van der Waals surface area contributed by atoms with Crippen LogP contribution in [0.5, 0.6) is 11.5 Å². The van der Waals surface area contributed by atoms with Crippen LogP contribution in [-0.4, -0.2) is 29.3 Å². The number of nitrogens with zero attached hydrogens (tertiary/aromatic N) is 2. The van der Waals surface area contributed by atoms with Crippen molar-refractivity contribution in [1.82, 2.24) is 15.1 Å². The van der Waals surface area contributed by atoms with Crippen LogP contribution in [0.2, 0.25) is 5.02 Å². The Balaban J connectivity index is 1.25. The van der Waals surface area contributed by atoms with Crippen molar-refractivity contribution in [3.8, 4) is 11.5 Å². The Hall–Kier alpha value is -3.20. The van der Waals surface area contributed by atoms with Crippen LogP contribution in [0.3, 0.4) is 0 Å². The van der Waals surface area contributed by atoms with Crippen LogP contribution in [0.1, 0.15) is 52.5 Å².